The van der Waals surface area contributed by atoms with Crippen molar-refractivity contribution in [2.75, 3.05) is 6.54 Å². The van der Waals surface area contributed by atoms with Crippen molar-refractivity contribution in [2.24, 2.45) is 5.73 Å². The third-order valence-corrected chi connectivity index (χ3v) is 2.94. The van der Waals surface area contributed by atoms with Gasteiger partial charge in [0.05, 0.1) is 5.69 Å². The molecule has 0 spiro atoms. The molecule has 1 amide bonds. The van der Waals surface area contributed by atoms with Crippen molar-refractivity contribution in [1.29, 1.82) is 0 Å². The van der Waals surface area contributed by atoms with E-state index in [4.69, 9.17) is 5.73 Å². The first kappa shape index (κ1) is 13.3. The molecule has 0 aliphatic rings. The van der Waals surface area contributed by atoms with Crippen molar-refractivity contribution in [3.8, 4) is 5.69 Å². The quantitative estimate of drug-likeness (QED) is 0.851. The van der Waals surface area contributed by atoms with Gasteiger partial charge in [0.25, 0.3) is 5.91 Å². The summed E-state index contributed by atoms with van der Waals surface area (Å²) >= 11 is 0. The minimum Gasteiger partial charge on any atom is -0.364 e. The Bertz CT molecular complexity index is 589. The molecule has 0 atom stereocenters. The number of aryl methyl sites for hydroxylation is 1. The van der Waals surface area contributed by atoms with Crippen LogP contribution >= 0.6 is 0 Å². The number of carbonyl (C=O) groups excluding carboxylic acids is 1. The molecular weight excluding hydrogens is 240 g/mol. The topological polar surface area (TPSA) is 72.9 Å². The molecule has 0 bridgehead atoms. The van der Waals surface area contributed by atoms with E-state index in [-0.39, 0.29) is 5.69 Å². The van der Waals surface area contributed by atoms with Crippen molar-refractivity contribution in [3.05, 3.63) is 47.3 Å². The Labute approximate surface area is 112 Å². The second-order valence-corrected chi connectivity index (χ2v) is 4.41. The van der Waals surface area contributed by atoms with Crippen molar-refractivity contribution in [3.63, 3.8) is 0 Å². The first-order valence-corrected chi connectivity index (χ1v) is 6.28. The Kier molecular flexibility index (Phi) is 3.97. The largest absolute Gasteiger partial charge is 0.364 e. The maximum Gasteiger partial charge on any atom is 0.269 e. The molecule has 0 aliphatic heterocycles. The van der Waals surface area contributed by atoms with Crippen LogP contribution in [0.25, 0.3) is 5.69 Å². The van der Waals surface area contributed by atoms with E-state index in [9.17, 15) is 4.79 Å². The van der Waals surface area contributed by atoms with Crippen molar-refractivity contribution in [2.45, 2.75) is 20.4 Å². The zero-order valence-electron chi connectivity index (χ0n) is 11.2. The summed E-state index contributed by atoms with van der Waals surface area (Å²) in [6.07, 6.45) is 1.75. The third-order valence-electron chi connectivity index (χ3n) is 2.94. The Hall–Kier alpha value is -2.14. The summed E-state index contributed by atoms with van der Waals surface area (Å²) in [5.74, 6) is -0.514. The lowest BCUT2D eigenvalue weighted by Crippen LogP contribution is -2.13. The molecule has 5 nitrogen and oxygen atoms in total. The predicted octanol–water partition coefficient (Wildman–Crippen LogP) is 1.39. The molecule has 2 rings (SSSR count). The maximum atomic E-state index is 11.1. The highest BCUT2D eigenvalue weighted by atomic mass is 16.1. The van der Waals surface area contributed by atoms with Crippen molar-refractivity contribution >= 4 is 5.91 Å². The van der Waals surface area contributed by atoms with E-state index < -0.39 is 5.91 Å². The number of amides is 1. The second kappa shape index (κ2) is 5.67. The third kappa shape index (κ3) is 3.00. The van der Waals surface area contributed by atoms with E-state index in [1.165, 1.54) is 5.56 Å². The molecule has 0 unspecified atom stereocenters. The highest BCUT2D eigenvalue weighted by Crippen LogP contribution is 2.16. The lowest BCUT2D eigenvalue weighted by Gasteiger charge is -2.09. The van der Waals surface area contributed by atoms with Gasteiger partial charge in [0, 0.05) is 12.7 Å². The highest BCUT2D eigenvalue weighted by molar-refractivity contribution is 5.90. The van der Waals surface area contributed by atoms with Crippen LogP contribution in [0.2, 0.25) is 0 Å². The predicted molar refractivity (Wildman–Crippen MR) is 74.2 cm³/mol. The SMILES string of the molecule is CCNCc1ccc(C)c(-n2ccc(C(N)=O)n2)c1. The minimum absolute atomic E-state index is 0.275. The number of hydrogen-bond acceptors (Lipinski definition) is 3. The molecule has 3 N–H and O–H groups in total. The molecule has 2 aromatic rings. The van der Waals surface area contributed by atoms with Crippen LogP contribution in [0.15, 0.2) is 30.5 Å². The fourth-order valence-corrected chi connectivity index (χ4v) is 1.87. The molecule has 0 fully saturated rings. The summed E-state index contributed by atoms with van der Waals surface area (Å²) in [4.78, 5) is 11.1. The van der Waals surface area contributed by atoms with Crippen LogP contribution in [-0.4, -0.2) is 22.2 Å². The number of nitrogens with zero attached hydrogens (tertiary/aromatic N) is 2. The number of primary amides is 1. The molecule has 100 valence electrons. The first-order valence-electron chi connectivity index (χ1n) is 6.28. The minimum atomic E-state index is -0.514. The summed E-state index contributed by atoms with van der Waals surface area (Å²) in [6.45, 7) is 5.82. The Morgan fingerprint density at radius 2 is 2.21 bits per heavy atom. The molecule has 0 aliphatic carbocycles. The fourth-order valence-electron chi connectivity index (χ4n) is 1.87. The monoisotopic (exact) mass is 258 g/mol. The lowest BCUT2D eigenvalue weighted by molar-refractivity contribution is 0.0995. The Balaban J connectivity index is 2.33. The van der Waals surface area contributed by atoms with Gasteiger partial charge in [-0.25, -0.2) is 4.68 Å². The van der Waals surface area contributed by atoms with Crippen LogP contribution in [0.5, 0.6) is 0 Å². The standard InChI is InChI=1S/C14H18N4O/c1-3-16-9-11-5-4-10(2)13(8-11)18-7-6-12(17-18)14(15)19/h4-8,16H,3,9H2,1-2H3,(H2,15,19). The van der Waals surface area contributed by atoms with Gasteiger partial charge in [-0.15, -0.1) is 0 Å². The molecular formula is C14H18N4O. The van der Waals surface area contributed by atoms with E-state index >= 15 is 0 Å². The van der Waals surface area contributed by atoms with Crippen LogP contribution in [0, 0.1) is 6.92 Å². The summed E-state index contributed by atoms with van der Waals surface area (Å²) in [5, 5.41) is 7.47. The molecule has 1 heterocycles. The van der Waals surface area contributed by atoms with Crippen LogP contribution < -0.4 is 11.1 Å². The van der Waals surface area contributed by atoms with Gasteiger partial charge in [0.1, 0.15) is 5.69 Å². The van der Waals surface area contributed by atoms with Gasteiger partial charge < -0.3 is 11.1 Å². The summed E-state index contributed by atoms with van der Waals surface area (Å²) in [7, 11) is 0. The van der Waals surface area contributed by atoms with Crippen LogP contribution in [-0.2, 0) is 6.54 Å². The van der Waals surface area contributed by atoms with Gasteiger partial charge in [0.2, 0.25) is 0 Å². The summed E-state index contributed by atoms with van der Waals surface area (Å²) < 4.78 is 1.69. The molecule has 0 radical (unpaired) electrons. The number of aromatic nitrogens is 2. The fraction of sp³-hybridized carbons (Fsp3) is 0.286. The normalized spacial score (nSPS) is 10.6. The van der Waals surface area contributed by atoms with Gasteiger partial charge in [-0.05, 0) is 36.7 Å². The second-order valence-electron chi connectivity index (χ2n) is 4.41. The number of benzene rings is 1. The van der Waals surface area contributed by atoms with Crippen LogP contribution in [0.4, 0.5) is 0 Å². The Morgan fingerprint density at radius 1 is 1.42 bits per heavy atom. The van der Waals surface area contributed by atoms with Crippen molar-refractivity contribution in [1.82, 2.24) is 15.1 Å². The van der Waals surface area contributed by atoms with Crippen LogP contribution in [0.1, 0.15) is 28.5 Å². The maximum absolute atomic E-state index is 11.1. The van der Waals surface area contributed by atoms with Gasteiger partial charge in [0.15, 0.2) is 0 Å². The average molecular weight is 258 g/mol. The molecule has 19 heavy (non-hydrogen) atoms. The van der Waals surface area contributed by atoms with Gasteiger partial charge in [-0.1, -0.05) is 19.1 Å². The summed E-state index contributed by atoms with van der Waals surface area (Å²) in [6, 6.07) is 7.82. The van der Waals surface area contributed by atoms with E-state index in [1.54, 1.807) is 16.9 Å². The molecule has 0 saturated carbocycles. The number of rotatable bonds is 5. The van der Waals surface area contributed by atoms with E-state index in [2.05, 4.69) is 29.5 Å². The summed E-state index contributed by atoms with van der Waals surface area (Å²) in [5.41, 5.74) is 8.73. The molecule has 1 aromatic heterocycles. The zero-order valence-corrected chi connectivity index (χ0v) is 11.2. The first-order chi connectivity index (χ1) is 9.11. The van der Waals surface area contributed by atoms with Gasteiger partial charge in [-0.3, -0.25) is 4.79 Å². The van der Waals surface area contributed by atoms with Crippen molar-refractivity contribution < 1.29 is 4.79 Å². The average Bonchev–Trinajstić information content (AvgIpc) is 2.87. The Morgan fingerprint density at radius 3 is 2.84 bits per heavy atom. The van der Waals surface area contributed by atoms with Crippen LogP contribution in [0.3, 0.4) is 0 Å². The smallest absolute Gasteiger partial charge is 0.269 e. The van der Waals surface area contributed by atoms with Gasteiger partial charge in [-0.2, -0.15) is 5.10 Å². The van der Waals surface area contributed by atoms with E-state index in [1.807, 2.05) is 13.0 Å². The highest BCUT2D eigenvalue weighted by Gasteiger charge is 2.08. The molecule has 0 saturated heterocycles. The zero-order chi connectivity index (χ0) is 13.8. The van der Waals surface area contributed by atoms with Gasteiger partial charge >= 0.3 is 0 Å². The number of carbonyl (C=O) groups is 1. The number of nitrogens with one attached hydrogen (secondary N) is 1. The molecule has 1 aromatic carbocycles. The van der Waals surface area contributed by atoms with E-state index in [0.29, 0.717) is 0 Å². The number of nitrogens with two attached hydrogens (primary N) is 1. The van der Waals surface area contributed by atoms with E-state index in [0.717, 1.165) is 24.3 Å². The number of hydrogen-bond donors (Lipinski definition) is 2. The molecule has 5 heteroatoms. The lowest BCUT2D eigenvalue weighted by atomic mass is 10.1.